The summed E-state index contributed by atoms with van der Waals surface area (Å²) in [5, 5.41) is 18.3. The molecule has 3 rings (SSSR count). The topological polar surface area (TPSA) is 155 Å². The normalized spacial score (nSPS) is 10.3. The molecule has 1 aromatic carbocycles. The van der Waals surface area contributed by atoms with Crippen LogP contribution in [-0.2, 0) is 19.5 Å². The average molecular weight is 365 g/mol. The number of anilines is 1. The van der Waals surface area contributed by atoms with E-state index in [-0.39, 0.29) is 53.5 Å². The molecule has 5 N–H and O–H groups in total. The fraction of sp³-hybridized carbons (Fsp3) is 0. The average Bonchev–Trinajstić information content (AvgIpc) is 2.95. The molecule has 0 bridgehead atoms. The van der Waals surface area contributed by atoms with Crippen molar-refractivity contribution in [1.29, 1.82) is 0 Å². The number of nitrogens with two attached hydrogens (primary N) is 1. The number of aromatic amines is 1. The van der Waals surface area contributed by atoms with Crippen molar-refractivity contribution in [3.05, 3.63) is 35.7 Å². The first-order chi connectivity index (χ1) is 10.5. The van der Waals surface area contributed by atoms with Gasteiger partial charge in [-0.05, 0) is 18.2 Å². The van der Waals surface area contributed by atoms with Crippen molar-refractivity contribution in [2.24, 2.45) is 0 Å². The second-order valence-electron chi connectivity index (χ2n) is 4.40. The van der Waals surface area contributed by atoms with Crippen LogP contribution in [0.5, 0.6) is 0 Å². The SMILES string of the molecule is Nc1nc(-c2cc(C(=O)O)ccc2C(=O)O)nc2nc[nH]c12.[Zn]. The van der Waals surface area contributed by atoms with Crippen LogP contribution in [0.1, 0.15) is 20.7 Å². The van der Waals surface area contributed by atoms with Crippen LogP contribution >= 0.6 is 0 Å². The van der Waals surface area contributed by atoms with Crippen LogP contribution < -0.4 is 5.73 Å². The number of nitrogens with one attached hydrogen (secondary N) is 1. The number of aromatic carboxylic acids is 2. The maximum absolute atomic E-state index is 11.3. The molecule has 0 amide bonds. The molecule has 2 aromatic heterocycles. The van der Waals surface area contributed by atoms with E-state index in [1.807, 2.05) is 0 Å². The molecule has 112 valence electrons. The number of aromatic nitrogens is 4. The van der Waals surface area contributed by atoms with Gasteiger partial charge < -0.3 is 20.9 Å². The molecule has 2 heterocycles. The van der Waals surface area contributed by atoms with Crippen LogP contribution in [0.4, 0.5) is 5.82 Å². The smallest absolute Gasteiger partial charge is 0.336 e. The van der Waals surface area contributed by atoms with E-state index in [4.69, 9.17) is 10.8 Å². The summed E-state index contributed by atoms with van der Waals surface area (Å²) >= 11 is 0. The molecule has 0 saturated carbocycles. The number of hydrogen-bond acceptors (Lipinski definition) is 6. The van der Waals surface area contributed by atoms with E-state index in [1.165, 1.54) is 24.5 Å². The third kappa shape index (κ3) is 2.88. The summed E-state index contributed by atoms with van der Waals surface area (Å²) in [5.41, 5.74) is 6.32. The third-order valence-corrected chi connectivity index (χ3v) is 3.05. The zero-order chi connectivity index (χ0) is 15.9. The summed E-state index contributed by atoms with van der Waals surface area (Å²) in [5.74, 6) is -2.32. The van der Waals surface area contributed by atoms with E-state index in [9.17, 15) is 14.7 Å². The standard InChI is InChI=1S/C13H9N5O4.Zn/c14-9-8-11(16-4-15-8)18-10(17-9)7-3-5(12(19)20)1-2-6(7)13(21)22;/h1-4H,(H,19,20)(H,21,22)(H3,14,15,16,17,18);. The molecule has 10 heteroatoms. The quantitative estimate of drug-likeness (QED) is 0.501. The molecule has 0 radical (unpaired) electrons. The molecule has 0 aliphatic rings. The fourth-order valence-corrected chi connectivity index (χ4v) is 2.02. The fourth-order valence-electron chi connectivity index (χ4n) is 2.02. The number of carboxylic acids is 2. The molecule has 0 fully saturated rings. The maximum atomic E-state index is 11.3. The van der Waals surface area contributed by atoms with Crippen molar-refractivity contribution in [3.8, 4) is 11.4 Å². The number of fused-ring (bicyclic) bond motifs is 1. The monoisotopic (exact) mass is 363 g/mol. The van der Waals surface area contributed by atoms with E-state index in [0.717, 1.165) is 0 Å². The number of imidazole rings is 1. The van der Waals surface area contributed by atoms with Crippen molar-refractivity contribution in [2.75, 3.05) is 5.73 Å². The van der Waals surface area contributed by atoms with Gasteiger partial charge in [0.25, 0.3) is 0 Å². The number of carboxylic acid groups (broad SMARTS) is 2. The van der Waals surface area contributed by atoms with Gasteiger partial charge in [-0.25, -0.2) is 24.5 Å². The molecule has 0 saturated heterocycles. The molecular weight excluding hydrogens is 356 g/mol. The van der Waals surface area contributed by atoms with Crippen LogP contribution in [0, 0.1) is 0 Å². The molecule has 0 aliphatic carbocycles. The molecule has 0 spiro atoms. The van der Waals surface area contributed by atoms with E-state index < -0.39 is 11.9 Å². The van der Waals surface area contributed by atoms with Crippen LogP contribution in [0.15, 0.2) is 24.5 Å². The first kappa shape index (κ1) is 16.5. The summed E-state index contributed by atoms with van der Waals surface area (Å²) in [6.45, 7) is 0. The summed E-state index contributed by atoms with van der Waals surface area (Å²) in [6, 6.07) is 3.58. The first-order valence-electron chi connectivity index (χ1n) is 6.05. The van der Waals surface area contributed by atoms with Gasteiger partial charge in [0.05, 0.1) is 17.5 Å². The van der Waals surface area contributed by atoms with E-state index in [2.05, 4.69) is 19.9 Å². The number of nitrogens with zero attached hydrogens (tertiary/aromatic N) is 3. The van der Waals surface area contributed by atoms with Gasteiger partial charge in [-0.3, -0.25) is 0 Å². The Morgan fingerprint density at radius 3 is 2.52 bits per heavy atom. The summed E-state index contributed by atoms with van der Waals surface area (Å²) in [4.78, 5) is 37.2. The van der Waals surface area contributed by atoms with Crippen molar-refractivity contribution >= 4 is 28.9 Å². The van der Waals surface area contributed by atoms with Gasteiger partial charge in [0.15, 0.2) is 17.3 Å². The Balaban J connectivity index is 0.00000192. The molecule has 0 aliphatic heterocycles. The third-order valence-electron chi connectivity index (χ3n) is 3.05. The maximum Gasteiger partial charge on any atom is 0.336 e. The van der Waals surface area contributed by atoms with Crippen molar-refractivity contribution < 1.29 is 39.3 Å². The molecule has 0 unspecified atom stereocenters. The van der Waals surface area contributed by atoms with E-state index in [0.29, 0.717) is 5.52 Å². The predicted molar refractivity (Wildman–Crippen MR) is 75.5 cm³/mol. The summed E-state index contributed by atoms with van der Waals surface area (Å²) in [6.07, 6.45) is 1.38. The van der Waals surface area contributed by atoms with Gasteiger partial charge in [0.1, 0.15) is 5.52 Å². The largest absolute Gasteiger partial charge is 0.478 e. The van der Waals surface area contributed by atoms with E-state index >= 15 is 0 Å². The van der Waals surface area contributed by atoms with Crippen molar-refractivity contribution in [2.45, 2.75) is 0 Å². The summed E-state index contributed by atoms with van der Waals surface area (Å²) < 4.78 is 0. The minimum atomic E-state index is -1.23. The Morgan fingerprint density at radius 2 is 1.87 bits per heavy atom. The van der Waals surface area contributed by atoms with Gasteiger partial charge in [-0.1, -0.05) is 0 Å². The van der Waals surface area contributed by atoms with Crippen molar-refractivity contribution in [3.63, 3.8) is 0 Å². The Morgan fingerprint density at radius 1 is 1.13 bits per heavy atom. The molecule has 0 atom stereocenters. The van der Waals surface area contributed by atoms with Gasteiger partial charge in [0, 0.05) is 25.0 Å². The Labute approximate surface area is 141 Å². The van der Waals surface area contributed by atoms with Gasteiger partial charge >= 0.3 is 11.9 Å². The predicted octanol–water partition coefficient (Wildman–Crippen LogP) is 0.996. The van der Waals surface area contributed by atoms with Gasteiger partial charge in [0.2, 0.25) is 0 Å². The minimum Gasteiger partial charge on any atom is -0.478 e. The number of hydrogen-bond donors (Lipinski definition) is 4. The number of H-pyrrole nitrogens is 1. The number of rotatable bonds is 3. The Bertz CT molecular complexity index is 924. The Kier molecular flexibility index (Phi) is 4.37. The zero-order valence-electron chi connectivity index (χ0n) is 11.6. The molecule has 9 nitrogen and oxygen atoms in total. The first-order valence-corrected chi connectivity index (χ1v) is 6.05. The second kappa shape index (κ2) is 6.09. The van der Waals surface area contributed by atoms with Crippen molar-refractivity contribution in [1.82, 2.24) is 19.9 Å². The molecule has 23 heavy (non-hydrogen) atoms. The second-order valence-corrected chi connectivity index (χ2v) is 4.40. The van der Waals surface area contributed by atoms with Crippen LogP contribution in [0.2, 0.25) is 0 Å². The van der Waals surface area contributed by atoms with Gasteiger partial charge in [-0.15, -0.1) is 0 Å². The van der Waals surface area contributed by atoms with Crippen LogP contribution in [0.3, 0.4) is 0 Å². The minimum absolute atomic E-state index is 0. The van der Waals surface area contributed by atoms with Crippen LogP contribution in [-0.4, -0.2) is 42.1 Å². The number of benzene rings is 1. The zero-order valence-corrected chi connectivity index (χ0v) is 14.6. The van der Waals surface area contributed by atoms with Gasteiger partial charge in [-0.2, -0.15) is 0 Å². The summed E-state index contributed by atoms with van der Waals surface area (Å²) in [7, 11) is 0. The molecular formula is C13H9N5O4Zn. The van der Waals surface area contributed by atoms with E-state index in [1.54, 1.807) is 0 Å². The number of nitrogen functional groups attached to an aromatic ring is 1. The molecule has 3 aromatic rings. The number of carbonyl (C=O) groups is 2. The Hall–Kier alpha value is -2.87. The van der Waals surface area contributed by atoms with Crippen LogP contribution in [0.25, 0.3) is 22.6 Å².